The van der Waals surface area contributed by atoms with Gasteiger partial charge in [0.2, 0.25) is 11.8 Å². The topological polar surface area (TPSA) is 58.2 Å². The molecule has 17 heavy (non-hydrogen) atoms. The molecule has 1 fully saturated rings. The second kappa shape index (κ2) is 4.90. The van der Waals surface area contributed by atoms with Gasteiger partial charge < -0.3 is 10.6 Å². The zero-order valence-corrected chi connectivity index (χ0v) is 10.4. The molecule has 0 saturated heterocycles. The average Bonchev–Trinajstić information content (AvgIpc) is 2.89. The third-order valence-electron chi connectivity index (χ3n) is 3.77. The normalized spacial score (nSPS) is 33.8. The van der Waals surface area contributed by atoms with Crippen molar-refractivity contribution >= 4 is 11.8 Å². The Morgan fingerprint density at radius 2 is 1.41 bits per heavy atom. The summed E-state index contributed by atoms with van der Waals surface area (Å²) in [6.07, 6.45) is 5.14. The Kier molecular flexibility index (Phi) is 3.50. The third kappa shape index (κ3) is 2.08. The predicted octanol–water partition coefficient (Wildman–Crippen LogP) is 0.697. The number of hydrogen-bond acceptors (Lipinski definition) is 2. The molecule has 94 valence electrons. The average molecular weight is 236 g/mol. The Bertz CT molecular complexity index is 319. The first-order valence-electron chi connectivity index (χ1n) is 6.42. The molecule has 4 nitrogen and oxygen atoms in total. The lowest BCUT2D eigenvalue weighted by molar-refractivity contribution is -0.135. The van der Waals surface area contributed by atoms with Gasteiger partial charge in [-0.15, -0.1) is 0 Å². The van der Waals surface area contributed by atoms with Crippen LogP contribution in [0.1, 0.15) is 20.3 Å². The summed E-state index contributed by atoms with van der Waals surface area (Å²) in [6.45, 7) is 5.06. The van der Waals surface area contributed by atoms with Crippen molar-refractivity contribution in [1.29, 1.82) is 0 Å². The van der Waals surface area contributed by atoms with Crippen LogP contribution in [0.25, 0.3) is 0 Å². The van der Waals surface area contributed by atoms with E-state index >= 15 is 0 Å². The van der Waals surface area contributed by atoms with Crippen LogP contribution in [0, 0.1) is 23.7 Å². The molecule has 4 atom stereocenters. The van der Waals surface area contributed by atoms with Crippen molar-refractivity contribution in [3.63, 3.8) is 0 Å². The number of carbonyl (C=O) groups is 2. The van der Waals surface area contributed by atoms with Crippen molar-refractivity contribution in [2.75, 3.05) is 13.1 Å². The molecule has 0 unspecified atom stereocenters. The molecule has 2 bridgehead atoms. The molecule has 1 saturated carbocycles. The fourth-order valence-corrected chi connectivity index (χ4v) is 3.12. The van der Waals surface area contributed by atoms with Crippen LogP contribution in [0.5, 0.6) is 0 Å². The van der Waals surface area contributed by atoms with E-state index < -0.39 is 0 Å². The molecule has 0 spiro atoms. The van der Waals surface area contributed by atoms with Gasteiger partial charge in [-0.2, -0.15) is 0 Å². The number of amides is 2. The summed E-state index contributed by atoms with van der Waals surface area (Å²) < 4.78 is 0. The summed E-state index contributed by atoms with van der Waals surface area (Å²) in [5.74, 6) is 0.215. The number of carbonyl (C=O) groups excluding carboxylic acids is 2. The lowest BCUT2D eigenvalue weighted by Crippen LogP contribution is -2.44. The second-order valence-corrected chi connectivity index (χ2v) is 4.79. The summed E-state index contributed by atoms with van der Waals surface area (Å²) >= 11 is 0. The molecule has 0 aromatic carbocycles. The molecule has 2 rings (SSSR count). The van der Waals surface area contributed by atoms with E-state index in [1.807, 2.05) is 13.8 Å². The number of rotatable bonds is 4. The van der Waals surface area contributed by atoms with Crippen LogP contribution in [0.2, 0.25) is 0 Å². The number of hydrogen-bond donors (Lipinski definition) is 2. The van der Waals surface area contributed by atoms with E-state index in [0.717, 1.165) is 6.42 Å². The Hall–Kier alpha value is -1.32. The maximum atomic E-state index is 12.0. The zero-order valence-electron chi connectivity index (χ0n) is 10.4. The smallest absolute Gasteiger partial charge is 0.224 e. The van der Waals surface area contributed by atoms with Crippen molar-refractivity contribution in [2.45, 2.75) is 20.3 Å². The Balaban J connectivity index is 2.14. The second-order valence-electron chi connectivity index (χ2n) is 4.79. The molecular weight excluding hydrogens is 216 g/mol. The monoisotopic (exact) mass is 236 g/mol. The van der Waals surface area contributed by atoms with Crippen LogP contribution < -0.4 is 10.6 Å². The lowest BCUT2D eigenvalue weighted by Gasteiger charge is -2.25. The summed E-state index contributed by atoms with van der Waals surface area (Å²) in [5, 5.41) is 5.69. The largest absolute Gasteiger partial charge is 0.356 e. The maximum absolute atomic E-state index is 12.0. The van der Waals surface area contributed by atoms with Crippen LogP contribution >= 0.6 is 0 Å². The first-order chi connectivity index (χ1) is 8.19. The van der Waals surface area contributed by atoms with Crippen LogP contribution in [0.3, 0.4) is 0 Å². The van der Waals surface area contributed by atoms with E-state index in [9.17, 15) is 9.59 Å². The highest BCUT2D eigenvalue weighted by Gasteiger charge is 2.51. The summed E-state index contributed by atoms with van der Waals surface area (Å²) in [4.78, 5) is 24.1. The van der Waals surface area contributed by atoms with E-state index in [0.29, 0.717) is 13.1 Å². The minimum atomic E-state index is -0.170. The fraction of sp³-hybridized carbons (Fsp3) is 0.692. The molecule has 2 aliphatic carbocycles. The SMILES string of the molecule is CCNC(=O)[C@H]1[C@H](C(=O)NCC)[C@H]2C=C[C@@H]1C2. The highest BCUT2D eigenvalue weighted by Crippen LogP contribution is 2.48. The summed E-state index contributed by atoms with van der Waals surface area (Å²) in [6, 6.07) is 0. The van der Waals surface area contributed by atoms with Gasteiger partial charge in [-0.25, -0.2) is 0 Å². The van der Waals surface area contributed by atoms with Crippen molar-refractivity contribution in [3.8, 4) is 0 Å². The van der Waals surface area contributed by atoms with Crippen molar-refractivity contribution < 1.29 is 9.59 Å². The summed E-state index contributed by atoms with van der Waals surface area (Å²) in [7, 11) is 0. The number of fused-ring (bicyclic) bond motifs is 2. The van der Waals surface area contributed by atoms with Crippen molar-refractivity contribution in [1.82, 2.24) is 10.6 Å². The van der Waals surface area contributed by atoms with Crippen LogP contribution in [0.15, 0.2) is 12.2 Å². The number of nitrogens with one attached hydrogen (secondary N) is 2. The van der Waals surface area contributed by atoms with Gasteiger partial charge >= 0.3 is 0 Å². The highest BCUT2D eigenvalue weighted by molar-refractivity contribution is 5.89. The Morgan fingerprint density at radius 1 is 1.00 bits per heavy atom. The lowest BCUT2D eigenvalue weighted by atomic mass is 9.81. The van der Waals surface area contributed by atoms with Crippen molar-refractivity contribution in [2.24, 2.45) is 23.7 Å². The Morgan fingerprint density at radius 3 is 1.76 bits per heavy atom. The van der Waals surface area contributed by atoms with Gasteiger partial charge in [0.05, 0.1) is 11.8 Å². The van der Waals surface area contributed by atoms with Gasteiger partial charge in [0, 0.05) is 13.1 Å². The quantitative estimate of drug-likeness (QED) is 0.706. The fourth-order valence-electron chi connectivity index (χ4n) is 3.12. The standard InChI is InChI=1S/C13H20N2O2/c1-3-14-12(16)10-8-5-6-9(7-8)11(10)13(17)15-4-2/h5-6,8-11H,3-4,7H2,1-2H3,(H,14,16)(H,15,17)/t8-,9+,10-,11-/m1/s1. The predicted molar refractivity (Wildman–Crippen MR) is 65.1 cm³/mol. The third-order valence-corrected chi connectivity index (χ3v) is 3.77. The molecule has 0 radical (unpaired) electrons. The molecule has 0 aliphatic heterocycles. The van der Waals surface area contributed by atoms with E-state index in [2.05, 4.69) is 22.8 Å². The first-order valence-corrected chi connectivity index (χ1v) is 6.42. The highest BCUT2D eigenvalue weighted by atomic mass is 16.2. The molecule has 2 amide bonds. The zero-order chi connectivity index (χ0) is 12.4. The van der Waals surface area contributed by atoms with Crippen LogP contribution in [0.4, 0.5) is 0 Å². The van der Waals surface area contributed by atoms with Crippen LogP contribution in [-0.4, -0.2) is 24.9 Å². The van der Waals surface area contributed by atoms with Gasteiger partial charge in [0.15, 0.2) is 0 Å². The van der Waals surface area contributed by atoms with E-state index in [1.165, 1.54) is 0 Å². The molecule has 0 aromatic rings. The van der Waals surface area contributed by atoms with Gasteiger partial charge in [0.25, 0.3) is 0 Å². The van der Waals surface area contributed by atoms with Gasteiger partial charge in [0.1, 0.15) is 0 Å². The molecule has 4 heteroatoms. The molecule has 0 aromatic heterocycles. The summed E-state index contributed by atoms with van der Waals surface area (Å²) in [5.41, 5.74) is 0. The minimum Gasteiger partial charge on any atom is -0.356 e. The van der Waals surface area contributed by atoms with Crippen molar-refractivity contribution in [3.05, 3.63) is 12.2 Å². The van der Waals surface area contributed by atoms with Gasteiger partial charge in [-0.05, 0) is 32.1 Å². The van der Waals surface area contributed by atoms with Gasteiger partial charge in [-0.3, -0.25) is 9.59 Å². The van der Waals surface area contributed by atoms with Gasteiger partial charge in [-0.1, -0.05) is 12.2 Å². The molecular formula is C13H20N2O2. The first kappa shape index (κ1) is 12.1. The minimum absolute atomic E-state index is 0.0283. The van der Waals surface area contributed by atoms with E-state index in [1.54, 1.807) is 0 Å². The van der Waals surface area contributed by atoms with E-state index in [4.69, 9.17) is 0 Å². The van der Waals surface area contributed by atoms with Crippen LogP contribution in [-0.2, 0) is 9.59 Å². The molecule has 2 N–H and O–H groups in total. The maximum Gasteiger partial charge on any atom is 0.224 e. The van der Waals surface area contributed by atoms with E-state index in [-0.39, 0.29) is 35.5 Å². The molecule has 0 heterocycles. The Labute approximate surface area is 102 Å². The number of allylic oxidation sites excluding steroid dienone is 2. The molecule has 2 aliphatic rings.